The predicted molar refractivity (Wildman–Crippen MR) is 60.2 cm³/mol. The van der Waals surface area contributed by atoms with E-state index < -0.39 is 0 Å². The van der Waals surface area contributed by atoms with Crippen molar-refractivity contribution in [1.29, 1.82) is 0 Å². The van der Waals surface area contributed by atoms with Crippen molar-refractivity contribution in [3.05, 3.63) is 18.2 Å². The first-order valence-electron chi connectivity index (χ1n) is 5.12. The molecule has 4 nitrogen and oxygen atoms in total. The molecule has 0 fully saturated rings. The minimum absolute atomic E-state index is 0.130. The Kier molecular flexibility index (Phi) is 2.68. The van der Waals surface area contributed by atoms with E-state index in [1.54, 1.807) is 0 Å². The van der Waals surface area contributed by atoms with Crippen molar-refractivity contribution in [2.75, 3.05) is 30.3 Å². The molecular weight excluding hydrogens is 192 g/mol. The molecule has 3 N–H and O–H groups in total. The fourth-order valence-electron chi connectivity index (χ4n) is 1.88. The largest absolute Gasteiger partial charge is 0.487 e. The van der Waals surface area contributed by atoms with Gasteiger partial charge in [0, 0.05) is 18.3 Å². The molecule has 1 heterocycles. The van der Waals surface area contributed by atoms with E-state index in [9.17, 15) is 0 Å². The summed E-state index contributed by atoms with van der Waals surface area (Å²) in [5, 5.41) is 8.98. The Morgan fingerprint density at radius 2 is 2.40 bits per heavy atom. The summed E-state index contributed by atoms with van der Waals surface area (Å²) in [4.78, 5) is 2.11. The molecule has 1 aliphatic heterocycles. The van der Waals surface area contributed by atoms with Gasteiger partial charge in [-0.15, -0.1) is 0 Å². The highest BCUT2D eigenvalue weighted by Crippen LogP contribution is 2.34. The average Bonchev–Trinajstić information content (AvgIpc) is 2.17. The normalized spacial score (nSPS) is 19.6. The van der Waals surface area contributed by atoms with Crippen LogP contribution in [-0.2, 0) is 0 Å². The molecule has 0 aliphatic carbocycles. The Morgan fingerprint density at radius 3 is 3.13 bits per heavy atom. The molecule has 4 heteroatoms. The molecule has 2 rings (SSSR count). The van der Waals surface area contributed by atoms with Crippen molar-refractivity contribution in [1.82, 2.24) is 0 Å². The Labute approximate surface area is 89.3 Å². The zero-order chi connectivity index (χ0) is 10.8. The summed E-state index contributed by atoms with van der Waals surface area (Å²) < 4.78 is 5.69. The number of aliphatic hydroxyl groups excluding tert-OH is 1. The summed E-state index contributed by atoms with van der Waals surface area (Å²) in [5.74, 6) is 0.808. The third-order valence-corrected chi connectivity index (χ3v) is 2.50. The zero-order valence-electron chi connectivity index (χ0n) is 8.81. The van der Waals surface area contributed by atoms with Crippen molar-refractivity contribution in [2.24, 2.45) is 0 Å². The van der Waals surface area contributed by atoms with Gasteiger partial charge in [-0.3, -0.25) is 0 Å². The smallest absolute Gasteiger partial charge is 0.145 e. The van der Waals surface area contributed by atoms with Crippen LogP contribution >= 0.6 is 0 Å². The van der Waals surface area contributed by atoms with E-state index >= 15 is 0 Å². The van der Waals surface area contributed by atoms with Gasteiger partial charge in [-0.25, -0.2) is 0 Å². The fraction of sp³-hybridized carbons (Fsp3) is 0.455. The minimum Gasteiger partial charge on any atom is -0.487 e. The summed E-state index contributed by atoms with van der Waals surface area (Å²) in [6.07, 6.45) is 0.130. The van der Waals surface area contributed by atoms with Crippen LogP contribution in [0.1, 0.15) is 6.92 Å². The summed E-state index contributed by atoms with van der Waals surface area (Å²) >= 11 is 0. The van der Waals surface area contributed by atoms with E-state index in [-0.39, 0.29) is 12.7 Å². The molecule has 15 heavy (non-hydrogen) atoms. The molecule has 0 amide bonds. The lowest BCUT2D eigenvalue weighted by Crippen LogP contribution is -2.39. The minimum atomic E-state index is 0.130. The van der Waals surface area contributed by atoms with Gasteiger partial charge in [0.25, 0.3) is 0 Å². The van der Waals surface area contributed by atoms with E-state index in [0.29, 0.717) is 12.2 Å². The average molecular weight is 208 g/mol. The van der Waals surface area contributed by atoms with E-state index in [1.807, 2.05) is 25.1 Å². The van der Waals surface area contributed by atoms with Gasteiger partial charge in [-0.2, -0.15) is 0 Å². The van der Waals surface area contributed by atoms with Crippen LogP contribution in [0.2, 0.25) is 0 Å². The Hall–Kier alpha value is -1.42. The number of fused-ring (bicyclic) bond motifs is 1. The monoisotopic (exact) mass is 208 g/mol. The van der Waals surface area contributed by atoms with Crippen LogP contribution in [0.5, 0.6) is 5.75 Å². The zero-order valence-corrected chi connectivity index (χ0v) is 8.81. The maximum Gasteiger partial charge on any atom is 0.145 e. The van der Waals surface area contributed by atoms with Crippen molar-refractivity contribution in [2.45, 2.75) is 13.0 Å². The van der Waals surface area contributed by atoms with E-state index in [2.05, 4.69) is 4.90 Å². The highest BCUT2D eigenvalue weighted by molar-refractivity contribution is 5.65. The molecule has 0 spiro atoms. The Morgan fingerprint density at radius 1 is 1.60 bits per heavy atom. The van der Waals surface area contributed by atoms with Gasteiger partial charge in [0.1, 0.15) is 11.9 Å². The second-order valence-electron chi connectivity index (χ2n) is 3.83. The number of anilines is 2. The molecule has 0 saturated heterocycles. The lowest BCUT2D eigenvalue weighted by Gasteiger charge is -2.34. The molecule has 0 aromatic heterocycles. The number of nitrogens with two attached hydrogens (primary N) is 1. The molecule has 1 unspecified atom stereocenters. The SMILES string of the molecule is CC1CN(CCO)c2ccc(N)cc2O1. The first-order chi connectivity index (χ1) is 7.20. The van der Waals surface area contributed by atoms with Crippen LogP contribution < -0.4 is 15.4 Å². The van der Waals surface area contributed by atoms with Crippen LogP contribution in [0.25, 0.3) is 0 Å². The Balaban J connectivity index is 2.33. The molecule has 1 aromatic rings. The first kappa shape index (κ1) is 10.1. The molecule has 0 radical (unpaired) electrons. The quantitative estimate of drug-likeness (QED) is 0.707. The van der Waals surface area contributed by atoms with Crippen molar-refractivity contribution < 1.29 is 9.84 Å². The van der Waals surface area contributed by atoms with E-state index in [4.69, 9.17) is 15.6 Å². The molecular formula is C11H16N2O2. The second kappa shape index (κ2) is 3.98. The summed E-state index contributed by atoms with van der Waals surface area (Å²) in [6, 6.07) is 5.62. The third-order valence-electron chi connectivity index (χ3n) is 2.50. The van der Waals surface area contributed by atoms with Gasteiger partial charge < -0.3 is 20.5 Å². The third kappa shape index (κ3) is 1.99. The number of hydrogen-bond acceptors (Lipinski definition) is 4. The van der Waals surface area contributed by atoms with E-state index in [0.717, 1.165) is 18.0 Å². The summed E-state index contributed by atoms with van der Waals surface area (Å²) in [7, 11) is 0. The fourth-order valence-corrected chi connectivity index (χ4v) is 1.88. The van der Waals surface area contributed by atoms with Gasteiger partial charge >= 0.3 is 0 Å². The van der Waals surface area contributed by atoms with Gasteiger partial charge in [0.2, 0.25) is 0 Å². The molecule has 1 atom stereocenters. The molecule has 82 valence electrons. The van der Waals surface area contributed by atoms with Crippen LogP contribution in [0, 0.1) is 0 Å². The number of rotatable bonds is 2. The van der Waals surface area contributed by atoms with Gasteiger partial charge in [0.15, 0.2) is 0 Å². The number of nitrogen functional groups attached to an aromatic ring is 1. The lowest BCUT2D eigenvalue weighted by molar-refractivity contribution is 0.207. The van der Waals surface area contributed by atoms with Crippen LogP contribution in [0.15, 0.2) is 18.2 Å². The van der Waals surface area contributed by atoms with Crippen LogP contribution in [0.3, 0.4) is 0 Å². The van der Waals surface area contributed by atoms with Crippen LogP contribution in [0.4, 0.5) is 11.4 Å². The highest BCUT2D eigenvalue weighted by atomic mass is 16.5. The number of aliphatic hydroxyl groups is 1. The Bertz CT molecular complexity index is 354. The standard InChI is InChI=1S/C11H16N2O2/c1-8-7-13(4-5-14)10-3-2-9(12)6-11(10)15-8/h2-3,6,8,14H,4-5,7,12H2,1H3. The molecule has 1 aromatic carbocycles. The van der Waals surface area contributed by atoms with Gasteiger partial charge in [-0.05, 0) is 19.1 Å². The summed E-state index contributed by atoms with van der Waals surface area (Å²) in [6.45, 7) is 3.59. The molecule has 1 aliphatic rings. The number of hydrogen-bond donors (Lipinski definition) is 2. The first-order valence-corrected chi connectivity index (χ1v) is 5.12. The molecule has 0 bridgehead atoms. The summed E-state index contributed by atoms with van der Waals surface area (Å²) in [5.41, 5.74) is 7.41. The topological polar surface area (TPSA) is 58.7 Å². The highest BCUT2D eigenvalue weighted by Gasteiger charge is 2.22. The van der Waals surface area contributed by atoms with Gasteiger partial charge in [-0.1, -0.05) is 0 Å². The molecule has 0 saturated carbocycles. The van der Waals surface area contributed by atoms with Crippen LogP contribution in [-0.4, -0.2) is 30.9 Å². The number of benzene rings is 1. The van der Waals surface area contributed by atoms with Crippen molar-refractivity contribution >= 4 is 11.4 Å². The number of ether oxygens (including phenoxy) is 1. The van der Waals surface area contributed by atoms with Crippen molar-refractivity contribution in [3.63, 3.8) is 0 Å². The van der Waals surface area contributed by atoms with Gasteiger partial charge in [0.05, 0.1) is 18.8 Å². The second-order valence-corrected chi connectivity index (χ2v) is 3.83. The number of β-amino-alcohol motifs (C(OH)–C–C–N with tert-alkyl or cyclic N) is 1. The predicted octanol–water partition coefficient (Wildman–Crippen LogP) is 0.848. The van der Waals surface area contributed by atoms with E-state index in [1.165, 1.54) is 0 Å². The maximum atomic E-state index is 8.98. The lowest BCUT2D eigenvalue weighted by atomic mass is 10.2. The van der Waals surface area contributed by atoms with Crippen molar-refractivity contribution in [3.8, 4) is 5.75 Å². The maximum absolute atomic E-state index is 8.98. The number of nitrogens with zero attached hydrogens (tertiary/aromatic N) is 1.